The van der Waals surface area contributed by atoms with Crippen LogP contribution >= 0.6 is 0 Å². The number of ether oxygens (including phenoxy) is 1. The highest BCUT2D eigenvalue weighted by Gasteiger charge is 2.27. The van der Waals surface area contributed by atoms with Crippen molar-refractivity contribution in [2.45, 2.75) is 32.6 Å². The van der Waals surface area contributed by atoms with Gasteiger partial charge in [0.15, 0.2) is 0 Å². The van der Waals surface area contributed by atoms with Crippen LogP contribution in [-0.2, 0) is 4.79 Å². The lowest BCUT2D eigenvalue weighted by Gasteiger charge is -2.31. The monoisotopic (exact) mass is 427 g/mol. The Bertz CT molecular complexity index is 837. The highest BCUT2D eigenvalue weighted by Crippen LogP contribution is 2.26. The summed E-state index contributed by atoms with van der Waals surface area (Å²) in [4.78, 5) is 21.6. The minimum absolute atomic E-state index is 0.0570. The van der Waals surface area contributed by atoms with Crippen molar-refractivity contribution in [3.63, 3.8) is 0 Å². The molecule has 1 aromatic heterocycles. The van der Waals surface area contributed by atoms with Gasteiger partial charge in [0.05, 0.1) is 7.11 Å². The molecule has 0 bridgehead atoms. The average molecular weight is 428 g/mol. The Morgan fingerprint density at radius 2 is 1.84 bits per heavy atom. The lowest BCUT2D eigenvalue weighted by molar-refractivity contribution is -0.125. The van der Waals surface area contributed by atoms with Gasteiger partial charge in [0.2, 0.25) is 11.7 Å². The van der Waals surface area contributed by atoms with Crippen LogP contribution in [0.5, 0.6) is 5.75 Å². The Hall–Kier alpha value is -2.61. The molecule has 0 radical (unpaired) electrons. The Morgan fingerprint density at radius 3 is 2.52 bits per heavy atom. The summed E-state index contributed by atoms with van der Waals surface area (Å²) in [6, 6.07) is 8.09. The summed E-state index contributed by atoms with van der Waals surface area (Å²) >= 11 is 0. The fourth-order valence-electron chi connectivity index (χ4n) is 4.30. The molecule has 0 atom stereocenters. The number of piperidine rings is 2. The van der Waals surface area contributed by atoms with E-state index in [-0.39, 0.29) is 11.8 Å². The van der Waals surface area contributed by atoms with Crippen LogP contribution in [0.2, 0.25) is 0 Å². The predicted octanol–water partition coefficient (Wildman–Crippen LogP) is 2.81. The van der Waals surface area contributed by atoms with Gasteiger partial charge in [-0.15, -0.1) is 0 Å². The fourth-order valence-corrected chi connectivity index (χ4v) is 4.30. The van der Waals surface area contributed by atoms with Crippen LogP contribution in [0.25, 0.3) is 11.4 Å². The molecule has 8 heteroatoms. The van der Waals surface area contributed by atoms with Gasteiger partial charge >= 0.3 is 6.01 Å². The first kappa shape index (κ1) is 21.6. The van der Waals surface area contributed by atoms with E-state index in [1.807, 2.05) is 24.3 Å². The van der Waals surface area contributed by atoms with Gasteiger partial charge in [-0.3, -0.25) is 4.79 Å². The second-order valence-corrected chi connectivity index (χ2v) is 8.71. The molecular formula is C23H33N5O3. The Labute approximate surface area is 183 Å². The van der Waals surface area contributed by atoms with Crippen LogP contribution in [0, 0.1) is 11.8 Å². The summed E-state index contributed by atoms with van der Waals surface area (Å²) in [5.74, 6) is 2.42. The van der Waals surface area contributed by atoms with Crippen LogP contribution < -0.4 is 15.0 Å². The molecule has 168 valence electrons. The summed E-state index contributed by atoms with van der Waals surface area (Å²) in [6.45, 7) is 7.80. The summed E-state index contributed by atoms with van der Waals surface area (Å²) in [6.07, 6.45) is 4.13. The van der Waals surface area contributed by atoms with Crippen molar-refractivity contribution in [2.24, 2.45) is 11.8 Å². The van der Waals surface area contributed by atoms with Gasteiger partial charge in [0.1, 0.15) is 5.75 Å². The summed E-state index contributed by atoms with van der Waals surface area (Å²) < 4.78 is 10.7. The molecule has 2 aromatic rings. The van der Waals surface area contributed by atoms with E-state index in [1.54, 1.807) is 7.11 Å². The van der Waals surface area contributed by atoms with E-state index in [0.717, 1.165) is 69.3 Å². The topological polar surface area (TPSA) is 83.7 Å². The molecule has 2 saturated heterocycles. The number of hydrogen-bond donors (Lipinski definition) is 1. The molecule has 2 aliphatic rings. The standard InChI is InChI=1S/C23H33N5O3/c1-17-7-12-27(13-8-17)16-11-24-22(29)19-9-14-28(15-10-19)23-25-21(26-31-23)18-3-5-20(30-2)6-4-18/h3-6,17,19H,7-16H2,1-2H3,(H,24,29). The van der Waals surface area contributed by atoms with E-state index < -0.39 is 0 Å². The maximum atomic E-state index is 12.6. The van der Waals surface area contributed by atoms with Crippen LogP contribution in [0.4, 0.5) is 6.01 Å². The lowest BCUT2D eigenvalue weighted by Crippen LogP contribution is -2.43. The zero-order valence-electron chi connectivity index (χ0n) is 18.5. The molecule has 4 rings (SSSR count). The number of anilines is 1. The maximum absolute atomic E-state index is 12.6. The fraction of sp³-hybridized carbons (Fsp3) is 0.609. The van der Waals surface area contributed by atoms with Gasteiger partial charge in [0, 0.05) is 37.7 Å². The first-order valence-corrected chi connectivity index (χ1v) is 11.4. The SMILES string of the molecule is COc1ccc(-c2noc(N3CCC(C(=O)NCCN4CCC(C)CC4)CC3)n2)cc1. The first-order valence-electron chi connectivity index (χ1n) is 11.4. The number of aromatic nitrogens is 2. The van der Waals surface area contributed by atoms with Crippen molar-refractivity contribution in [3.05, 3.63) is 24.3 Å². The number of carbonyl (C=O) groups is 1. The van der Waals surface area contributed by atoms with E-state index in [4.69, 9.17) is 9.26 Å². The molecule has 3 heterocycles. The van der Waals surface area contributed by atoms with Crippen molar-refractivity contribution in [1.82, 2.24) is 20.4 Å². The van der Waals surface area contributed by atoms with E-state index >= 15 is 0 Å². The van der Waals surface area contributed by atoms with Crippen molar-refractivity contribution >= 4 is 11.9 Å². The molecule has 1 N–H and O–H groups in total. The third-order valence-electron chi connectivity index (χ3n) is 6.50. The second kappa shape index (κ2) is 10.1. The number of carbonyl (C=O) groups excluding carboxylic acids is 1. The molecule has 2 aliphatic heterocycles. The quantitative estimate of drug-likeness (QED) is 0.727. The molecular weight excluding hydrogens is 394 g/mol. The molecule has 1 amide bonds. The molecule has 1 aromatic carbocycles. The number of nitrogens with one attached hydrogen (secondary N) is 1. The highest BCUT2D eigenvalue weighted by molar-refractivity contribution is 5.78. The lowest BCUT2D eigenvalue weighted by atomic mass is 9.96. The number of amides is 1. The maximum Gasteiger partial charge on any atom is 0.324 e. The molecule has 2 fully saturated rings. The Balaban J connectivity index is 1.21. The molecule has 0 saturated carbocycles. The van der Waals surface area contributed by atoms with E-state index in [0.29, 0.717) is 11.8 Å². The molecule has 0 aliphatic carbocycles. The number of likely N-dealkylation sites (tertiary alicyclic amines) is 1. The number of methoxy groups -OCH3 is 1. The van der Waals surface area contributed by atoms with Crippen LogP contribution in [0.3, 0.4) is 0 Å². The smallest absolute Gasteiger partial charge is 0.324 e. The van der Waals surface area contributed by atoms with Gasteiger partial charge in [0.25, 0.3) is 0 Å². The number of nitrogens with zero attached hydrogens (tertiary/aromatic N) is 4. The summed E-state index contributed by atoms with van der Waals surface area (Å²) in [5, 5.41) is 7.25. The van der Waals surface area contributed by atoms with Gasteiger partial charge in [-0.1, -0.05) is 12.1 Å². The summed E-state index contributed by atoms with van der Waals surface area (Å²) in [5.41, 5.74) is 0.883. The van der Waals surface area contributed by atoms with Gasteiger partial charge in [-0.05, 0) is 69.0 Å². The van der Waals surface area contributed by atoms with Gasteiger partial charge in [-0.25, -0.2) is 0 Å². The largest absolute Gasteiger partial charge is 0.497 e. The zero-order chi connectivity index (χ0) is 21.6. The number of hydrogen-bond acceptors (Lipinski definition) is 7. The van der Waals surface area contributed by atoms with Crippen LogP contribution in [0.1, 0.15) is 32.6 Å². The average Bonchev–Trinajstić information content (AvgIpc) is 3.31. The second-order valence-electron chi connectivity index (χ2n) is 8.71. The Kier molecular flexibility index (Phi) is 7.06. The predicted molar refractivity (Wildman–Crippen MR) is 119 cm³/mol. The number of rotatable bonds is 7. The minimum atomic E-state index is 0.0570. The van der Waals surface area contributed by atoms with E-state index in [1.165, 1.54) is 12.8 Å². The molecule has 31 heavy (non-hydrogen) atoms. The highest BCUT2D eigenvalue weighted by atomic mass is 16.5. The number of benzene rings is 1. The van der Waals surface area contributed by atoms with Crippen molar-refractivity contribution < 1.29 is 14.1 Å². The first-order chi connectivity index (χ1) is 15.1. The van der Waals surface area contributed by atoms with Crippen molar-refractivity contribution in [3.8, 4) is 17.1 Å². The zero-order valence-corrected chi connectivity index (χ0v) is 18.5. The van der Waals surface area contributed by atoms with Gasteiger partial charge < -0.3 is 24.4 Å². The van der Waals surface area contributed by atoms with Crippen molar-refractivity contribution in [2.75, 3.05) is 51.3 Å². The minimum Gasteiger partial charge on any atom is -0.497 e. The van der Waals surface area contributed by atoms with Crippen LogP contribution in [0.15, 0.2) is 28.8 Å². The summed E-state index contributed by atoms with van der Waals surface area (Å²) in [7, 11) is 1.64. The van der Waals surface area contributed by atoms with Crippen LogP contribution in [-0.4, -0.2) is 67.3 Å². The molecule has 0 unspecified atom stereocenters. The van der Waals surface area contributed by atoms with Gasteiger partial charge in [-0.2, -0.15) is 4.98 Å². The molecule has 0 spiro atoms. The van der Waals surface area contributed by atoms with Crippen molar-refractivity contribution in [1.29, 1.82) is 0 Å². The van der Waals surface area contributed by atoms with E-state index in [9.17, 15) is 4.79 Å². The normalized spacial score (nSPS) is 18.8. The third kappa shape index (κ3) is 5.55. The Morgan fingerprint density at radius 1 is 1.13 bits per heavy atom. The van der Waals surface area contributed by atoms with E-state index in [2.05, 4.69) is 32.2 Å². The third-order valence-corrected chi connectivity index (χ3v) is 6.50. The molecule has 8 nitrogen and oxygen atoms in total.